The van der Waals surface area contributed by atoms with E-state index >= 15 is 0 Å². The fourth-order valence-corrected chi connectivity index (χ4v) is 2.49. The molecule has 1 saturated heterocycles. The van der Waals surface area contributed by atoms with Gasteiger partial charge < -0.3 is 10.6 Å². The van der Waals surface area contributed by atoms with Gasteiger partial charge in [0.15, 0.2) is 0 Å². The van der Waals surface area contributed by atoms with Gasteiger partial charge in [0.25, 0.3) is 0 Å². The van der Waals surface area contributed by atoms with Gasteiger partial charge in [-0.2, -0.15) is 0 Å². The Labute approximate surface area is 113 Å². The van der Waals surface area contributed by atoms with Gasteiger partial charge in [0, 0.05) is 6.04 Å². The number of nitrogens with one attached hydrogen (secondary N) is 2. The minimum Gasteiger partial charge on any atom is -0.348 e. The van der Waals surface area contributed by atoms with Gasteiger partial charge >= 0.3 is 0 Å². The monoisotopic (exact) mass is 264 g/mol. The van der Waals surface area contributed by atoms with Gasteiger partial charge in [-0.05, 0) is 50.8 Å². The lowest BCUT2D eigenvalue weighted by molar-refractivity contribution is -0.124. The summed E-state index contributed by atoms with van der Waals surface area (Å²) >= 11 is 0. The van der Waals surface area contributed by atoms with E-state index in [9.17, 15) is 9.18 Å². The van der Waals surface area contributed by atoms with Gasteiger partial charge in [0.2, 0.25) is 5.91 Å². The molecule has 2 N–H and O–H groups in total. The van der Waals surface area contributed by atoms with E-state index in [-0.39, 0.29) is 23.8 Å². The second-order valence-electron chi connectivity index (χ2n) is 5.33. The van der Waals surface area contributed by atoms with Crippen molar-refractivity contribution in [2.45, 2.75) is 51.2 Å². The fourth-order valence-electron chi connectivity index (χ4n) is 2.49. The summed E-state index contributed by atoms with van der Waals surface area (Å²) < 4.78 is 12.8. The van der Waals surface area contributed by atoms with Crippen LogP contribution in [0.4, 0.5) is 4.39 Å². The number of hydrogen-bond donors (Lipinski definition) is 2. The van der Waals surface area contributed by atoms with E-state index in [1.165, 1.54) is 12.1 Å². The molecule has 1 aliphatic rings. The molecule has 1 amide bonds. The van der Waals surface area contributed by atoms with Crippen molar-refractivity contribution in [3.8, 4) is 0 Å². The van der Waals surface area contributed by atoms with Crippen molar-refractivity contribution in [2.24, 2.45) is 0 Å². The normalized spacial score (nSPS) is 24.8. The van der Waals surface area contributed by atoms with E-state index in [4.69, 9.17) is 0 Å². The molecule has 4 heteroatoms. The van der Waals surface area contributed by atoms with Crippen molar-refractivity contribution >= 4 is 5.91 Å². The second kappa shape index (κ2) is 6.15. The highest BCUT2D eigenvalue weighted by atomic mass is 19.1. The molecule has 1 fully saturated rings. The molecular weight excluding hydrogens is 243 g/mol. The molecule has 1 aromatic rings. The van der Waals surface area contributed by atoms with E-state index in [1.807, 2.05) is 6.92 Å². The molecule has 1 aromatic carbocycles. The average molecular weight is 264 g/mol. The lowest BCUT2D eigenvalue weighted by Crippen LogP contribution is -2.50. The van der Waals surface area contributed by atoms with Gasteiger partial charge in [0.05, 0.1) is 12.1 Å². The van der Waals surface area contributed by atoms with Crippen molar-refractivity contribution in [3.63, 3.8) is 0 Å². The lowest BCUT2D eigenvalue weighted by Gasteiger charge is -2.29. The average Bonchev–Trinajstić information content (AvgIpc) is 2.39. The van der Waals surface area contributed by atoms with Crippen LogP contribution in [0.1, 0.15) is 44.7 Å². The van der Waals surface area contributed by atoms with Crippen molar-refractivity contribution in [1.82, 2.24) is 10.6 Å². The first-order valence-corrected chi connectivity index (χ1v) is 6.88. The first-order valence-electron chi connectivity index (χ1n) is 6.88. The number of rotatable bonds is 3. The Hall–Kier alpha value is -1.42. The number of hydrogen-bond acceptors (Lipinski definition) is 2. The number of piperidine rings is 1. The third-order valence-corrected chi connectivity index (χ3v) is 3.66. The van der Waals surface area contributed by atoms with Crippen molar-refractivity contribution in [1.29, 1.82) is 0 Å². The largest absolute Gasteiger partial charge is 0.348 e. The third-order valence-electron chi connectivity index (χ3n) is 3.66. The maximum atomic E-state index is 12.8. The summed E-state index contributed by atoms with van der Waals surface area (Å²) in [7, 11) is 0. The lowest BCUT2D eigenvalue weighted by atomic mass is 9.98. The molecule has 1 heterocycles. The second-order valence-corrected chi connectivity index (χ2v) is 5.33. The Morgan fingerprint density at radius 2 is 2.05 bits per heavy atom. The number of carbonyl (C=O) groups is 1. The fraction of sp³-hybridized carbons (Fsp3) is 0.533. The topological polar surface area (TPSA) is 41.1 Å². The molecule has 1 aliphatic heterocycles. The molecular formula is C15H21FN2O. The van der Waals surface area contributed by atoms with Crippen LogP contribution < -0.4 is 10.6 Å². The third kappa shape index (κ3) is 3.77. The van der Waals surface area contributed by atoms with Crippen molar-refractivity contribution in [2.75, 3.05) is 0 Å². The quantitative estimate of drug-likeness (QED) is 0.881. The minimum absolute atomic E-state index is 0.0309. The Morgan fingerprint density at radius 3 is 2.68 bits per heavy atom. The Kier molecular flexibility index (Phi) is 4.53. The molecule has 0 spiro atoms. The smallest absolute Gasteiger partial charge is 0.237 e. The zero-order valence-electron chi connectivity index (χ0n) is 11.4. The van der Waals surface area contributed by atoms with Crippen LogP contribution in [0, 0.1) is 5.82 Å². The highest BCUT2D eigenvalue weighted by Gasteiger charge is 2.25. The molecule has 3 nitrogen and oxygen atoms in total. The summed E-state index contributed by atoms with van der Waals surface area (Å²) in [5.41, 5.74) is 0.915. The van der Waals surface area contributed by atoms with Gasteiger partial charge in [-0.25, -0.2) is 4.39 Å². The zero-order valence-corrected chi connectivity index (χ0v) is 11.4. The SMILES string of the molecule is CC1CCCC(C(=O)NC(C)c2ccc(F)cc2)N1. The summed E-state index contributed by atoms with van der Waals surface area (Å²) in [4.78, 5) is 12.1. The number of halogens is 1. The standard InChI is InChI=1S/C15H21FN2O/c1-10-4-3-5-14(17-10)15(19)18-11(2)12-6-8-13(16)9-7-12/h6-11,14,17H,3-5H2,1-2H3,(H,18,19). The molecule has 3 atom stereocenters. The van der Waals surface area contributed by atoms with Gasteiger partial charge in [0.1, 0.15) is 5.82 Å². The van der Waals surface area contributed by atoms with Crippen LogP contribution in [0.25, 0.3) is 0 Å². The first-order chi connectivity index (χ1) is 9.06. The molecule has 0 bridgehead atoms. The molecule has 0 radical (unpaired) electrons. The van der Waals surface area contributed by atoms with E-state index in [0.717, 1.165) is 24.8 Å². The predicted octanol–water partition coefficient (Wildman–Crippen LogP) is 2.53. The molecule has 19 heavy (non-hydrogen) atoms. The first kappa shape index (κ1) is 14.0. The molecule has 0 aliphatic carbocycles. The highest BCUT2D eigenvalue weighted by Crippen LogP contribution is 2.16. The van der Waals surface area contributed by atoms with Gasteiger partial charge in [-0.1, -0.05) is 12.1 Å². The van der Waals surface area contributed by atoms with Crippen LogP contribution in [-0.4, -0.2) is 18.0 Å². The van der Waals surface area contributed by atoms with Crippen LogP contribution in [0.2, 0.25) is 0 Å². The number of benzene rings is 1. The van der Waals surface area contributed by atoms with Gasteiger partial charge in [-0.3, -0.25) is 4.79 Å². The predicted molar refractivity (Wildman–Crippen MR) is 73.2 cm³/mol. The number of carbonyl (C=O) groups excluding carboxylic acids is 1. The molecule has 104 valence electrons. The summed E-state index contributed by atoms with van der Waals surface area (Å²) in [6, 6.07) is 6.43. The van der Waals surface area contributed by atoms with E-state index in [2.05, 4.69) is 17.6 Å². The Bertz CT molecular complexity index is 432. The zero-order chi connectivity index (χ0) is 13.8. The minimum atomic E-state index is -0.259. The van der Waals surface area contributed by atoms with Crippen LogP contribution in [0.5, 0.6) is 0 Å². The maximum absolute atomic E-state index is 12.8. The van der Waals surface area contributed by atoms with Crippen LogP contribution >= 0.6 is 0 Å². The van der Waals surface area contributed by atoms with E-state index in [0.29, 0.717) is 6.04 Å². The van der Waals surface area contributed by atoms with Crippen LogP contribution in [0.15, 0.2) is 24.3 Å². The van der Waals surface area contributed by atoms with Gasteiger partial charge in [-0.15, -0.1) is 0 Å². The summed E-state index contributed by atoms with van der Waals surface area (Å²) in [5, 5.41) is 6.29. The van der Waals surface area contributed by atoms with Crippen molar-refractivity contribution in [3.05, 3.63) is 35.6 Å². The molecule has 3 unspecified atom stereocenters. The summed E-state index contributed by atoms with van der Waals surface area (Å²) in [5.74, 6) is -0.228. The molecule has 0 aromatic heterocycles. The van der Waals surface area contributed by atoms with Crippen molar-refractivity contribution < 1.29 is 9.18 Å². The van der Waals surface area contributed by atoms with E-state index < -0.39 is 0 Å². The summed E-state index contributed by atoms with van der Waals surface area (Å²) in [6.45, 7) is 4.01. The van der Waals surface area contributed by atoms with Crippen LogP contribution in [-0.2, 0) is 4.79 Å². The number of amides is 1. The molecule has 2 rings (SSSR count). The Morgan fingerprint density at radius 1 is 1.37 bits per heavy atom. The Balaban J connectivity index is 1.92. The van der Waals surface area contributed by atoms with E-state index in [1.54, 1.807) is 12.1 Å². The summed E-state index contributed by atoms with van der Waals surface area (Å²) in [6.07, 6.45) is 3.08. The van der Waals surface area contributed by atoms with Crippen LogP contribution in [0.3, 0.4) is 0 Å². The highest BCUT2D eigenvalue weighted by molar-refractivity contribution is 5.82. The maximum Gasteiger partial charge on any atom is 0.237 e. The molecule has 0 saturated carbocycles.